The van der Waals surface area contributed by atoms with Gasteiger partial charge in [0.15, 0.2) is 0 Å². The number of benzene rings is 1. The van der Waals surface area contributed by atoms with Gasteiger partial charge in [0, 0.05) is 6.07 Å². The minimum absolute atomic E-state index is 0.246. The van der Waals surface area contributed by atoms with Crippen molar-refractivity contribution >= 4 is 5.69 Å². The number of hydrogen-bond donors (Lipinski definition) is 1. The summed E-state index contributed by atoms with van der Waals surface area (Å²) >= 11 is 0. The molecule has 86 valence electrons. The minimum Gasteiger partial charge on any atom is -0.494 e. The van der Waals surface area contributed by atoms with Gasteiger partial charge in [-0.1, -0.05) is 0 Å². The summed E-state index contributed by atoms with van der Waals surface area (Å²) in [5, 5.41) is 11.5. The van der Waals surface area contributed by atoms with Crippen molar-refractivity contribution in [1.82, 2.24) is 0 Å². The smallest absolute Gasteiger partial charge is 0.142 e. The van der Waals surface area contributed by atoms with E-state index in [1.807, 2.05) is 38.1 Å². The molecule has 0 unspecified atom stereocenters. The topological polar surface area (TPSA) is 54.3 Å². The summed E-state index contributed by atoms with van der Waals surface area (Å²) in [7, 11) is 0. The Hall–Kier alpha value is -1.89. The lowest BCUT2D eigenvalue weighted by Crippen LogP contribution is -2.03. The molecule has 0 heterocycles. The van der Waals surface area contributed by atoms with Crippen LogP contribution in [-0.4, -0.2) is 19.8 Å². The molecule has 1 rings (SSSR count). The maximum absolute atomic E-state index is 8.54. The molecule has 1 aromatic rings. The summed E-state index contributed by atoms with van der Waals surface area (Å²) in [5.41, 5.74) is 0.786. The van der Waals surface area contributed by atoms with Crippen LogP contribution in [0.5, 0.6) is 11.5 Å². The van der Waals surface area contributed by atoms with E-state index >= 15 is 0 Å². The molecule has 1 N–H and O–H groups in total. The summed E-state index contributed by atoms with van der Waals surface area (Å²) in [5.74, 6) is 1.51. The van der Waals surface area contributed by atoms with Crippen molar-refractivity contribution in [1.29, 1.82) is 5.26 Å². The van der Waals surface area contributed by atoms with Gasteiger partial charge < -0.3 is 14.8 Å². The molecule has 4 heteroatoms. The van der Waals surface area contributed by atoms with E-state index in [0.717, 1.165) is 17.2 Å². The Morgan fingerprint density at radius 1 is 1.25 bits per heavy atom. The number of hydrogen-bond acceptors (Lipinski definition) is 4. The Bertz CT molecular complexity index is 372. The largest absolute Gasteiger partial charge is 0.494 e. The van der Waals surface area contributed by atoms with Crippen molar-refractivity contribution in [2.75, 3.05) is 25.1 Å². The number of nitrogens with one attached hydrogen (secondary N) is 1. The predicted octanol–water partition coefficient (Wildman–Crippen LogP) is 2.42. The van der Waals surface area contributed by atoms with Gasteiger partial charge in [-0.3, -0.25) is 0 Å². The fourth-order valence-corrected chi connectivity index (χ4v) is 1.32. The molecule has 0 atom stereocenters. The first-order chi connectivity index (χ1) is 7.81. The number of nitrogens with zero attached hydrogens (tertiary/aromatic N) is 1. The Balaban J connectivity index is 2.87. The average molecular weight is 220 g/mol. The Morgan fingerprint density at radius 2 is 2.00 bits per heavy atom. The SMILES string of the molecule is CCOc1ccc(OCC)c(NCC#N)c1. The highest BCUT2D eigenvalue weighted by atomic mass is 16.5. The zero-order valence-corrected chi connectivity index (χ0v) is 9.62. The molecule has 1 aromatic carbocycles. The molecule has 0 aliphatic heterocycles. The van der Waals surface area contributed by atoms with E-state index in [1.54, 1.807) is 0 Å². The Labute approximate surface area is 95.8 Å². The Morgan fingerprint density at radius 3 is 2.62 bits per heavy atom. The molecule has 0 saturated carbocycles. The first-order valence-electron chi connectivity index (χ1n) is 5.32. The van der Waals surface area contributed by atoms with Crippen LogP contribution >= 0.6 is 0 Å². The normalized spacial score (nSPS) is 9.31. The van der Waals surface area contributed by atoms with Crippen molar-refractivity contribution in [3.05, 3.63) is 18.2 Å². The van der Waals surface area contributed by atoms with Crippen LogP contribution in [0.3, 0.4) is 0 Å². The van der Waals surface area contributed by atoms with E-state index < -0.39 is 0 Å². The molecule has 0 saturated heterocycles. The summed E-state index contributed by atoms with van der Waals surface area (Å²) in [6.45, 7) is 5.31. The lowest BCUT2D eigenvalue weighted by atomic mass is 10.2. The number of ether oxygens (including phenoxy) is 2. The number of rotatable bonds is 6. The maximum atomic E-state index is 8.54. The summed E-state index contributed by atoms with van der Waals surface area (Å²) in [6, 6.07) is 7.56. The second-order valence-corrected chi connectivity index (χ2v) is 3.04. The number of anilines is 1. The van der Waals surface area contributed by atoms with Gasteiger partial charge in [0.25, 0.3) is 0 Å². The third-order valence-electron chi connectivity index (χ3n) is 1.92. The number of nitriles is 1. The minimum atomic E-state index is 0.246. The molecule has 16 heavy (non-hydrogen) atoms. The van der Waals surface area contributed by atoms with Crippen LogP contribution in [-0.2, 0) is 0 Å². The predicted molar refractivity (Wildman–Crippen MR) is 62.9 cm³/mol. The standard InChI is InChI=1S/C12H16N2O2/c1-3-15-10-5-6-12(16-4-2)11(9-10)14-8-7-13/h5-6,9,14H,3-4,8H2,1-2H3. The first kappa shape index (κ1) is 12.2. The molecular formula is C12H16N2O2. The van der Waals surface area contributed by atoms with Gasteiger partial charge in [-0.15, -0.1) is 0 Å². The Kier molecular flexibility index (Phi) is 5.00. The maximum Gasteiger partial charge on any atom is 0.142 e. The van der Waals surface area contributed by atoms with Gasteiger partial charge in [0.2, 0.25) is 0 Å². The van der Waals surface area contributed by atoms with Crippen molar-refractivity contribution in [3.8, 4) is 17.6 Å². The van der Waals surface area contributed by atoms with Crippen molar-refractivity contribution < 1.29 is 9.47 Å². The molecule has 4 nitrogen and oxygen atoms in total. The molecule has 0 aliphatic carbocycles. The van der Waals surface area contributed by atoms with Crippen molar-refractivity contribution in [2.24, 2.45) is 0 Å². The van der Waals surface area contributed by atoms with E-state index in [0.29, 0.717) is 13.2 Å². The van der Waals surface area contributed by atoms with E-state index in [9.17, 15) is 0 Å². The fraction of sp³-hybridized carbons (Fsp3) is 0.417. The highest BCUT2D eigenvalue weighted by molar-refractivity contribution is 5.60. The third kappa shape index (κ3) is 3.35. The van der Waals surface area contributed by atoms with Gasteiger partial charge in [-0.25, -0.2) is 0 Å². The highest BCUT2D eigenvalue weighted by Gasteiger charge is 2.04. The second kappa shape index (κ2) is 6.57. The van der Waals surface area contributed by atoms with Crippen molar-refractivity contribution in [2.45, 2.75) is 13.8 Å². The van der Waals surface area contributed by atoms with E-state index in [-0.39, 0.29) is 6.54 Å². The van der Waals surface area contributed by atoms with Gasteiger partial charge >= 0.3 is 0 Å². The summed E-state index contributed by atoms with van der Waals surface area (Å²) in [4.78, 5) is 0. The van der Waals surface area contributed by atoms with E-state index in [1.165, 1.54) is 0 Å². The van der Waals surface area contributed by atoms with Gasteiger partial charge in [0.05, 0.1) is 25.0 Å². The molecule has 0 fully saturated rings. The second-order valence-electron chi connectivity index (χ2n) is 3.04. The van der Waals surface area contributed by atoms with Crippen LogP contribution in [0.4, 0.5) is 5.69 Å². The zero-order valence-electron chi connectivity index (χ0n) is 9.62. The molecular weight excluding hydrogens is 204 g/mol. The van der Waals surface area contributed by atoms with Crippen molar-refractivity contribution in [3.63, 3.8) is 0 Å². The van der Waals surface area contributed by atoms with Crippen LogP contribution in [0.1, 0.15) is 13.8 Å². The molecule has 0 spiro atoms. The van der Waals surface area contributed by atoms with Gasteiger partial charge in [-0.2, -0.15) is 5.26 Å². The van der Waals surface area contributed by atoms with Gasteiger partial charge in [0.1, 0.15) is 18.0 Å². The van der Waals surface area contributed by atoms with Crippen LogP contribution in [0.25, 0.3) is 0 Å². The molecule has 0 radical (unpaired) electrons. The molecule has 0 aliphatic rings. The zero-order chi connectivity index (χ0) is 11.8. The fourth-order valence-electron chi connectivity index (χ4n) is 1.32. The quantitative estimate of drug-likeness (QED) is 0.748. The third-order valence-corrected chi connectivity index (χ3v) is 1.92. The van der Waals surface area contributed by atoms with Crippen LogP contribution in [0.2, 0.25) is 0 Å². The lowest BCUT2D eigenvalue weighted by molar-refractivity contribution is 0.332. The summed E-state index contributed by atoms with van der Waals surface area (Å²) < 4.78 is 10.8. The molecule has 0 amide bonds. The first-order valence-corrected chi connectivity index (χ1v) is 5.32. The lowest BCUT2D eigenvalue weighted by Gasteiger charge is -2.12. The molecule has 0 aromatic heterocycles. The highest BCUT2D eigenvalue weighted by Crippen LogP contribution is 2.29. The van der Waals surface area contributed by atoms with Crippen LogP contribution in [0, 0.1) is 11.3 Å². The van der Waals surface area contributed by atoms with Gasteiger partial charge in [-0.05, 0) is 26.0 Å². The van der Waals surface area contributed by atoms with E-state index in [2.05, 4.69) is 5.32 Å². The summed E-state index contributed by atoms with van der Waals surface area (Å²) in [6.07, 6.45) is 0. The monoisotopic (exact) mass is 220 g/mol. The average Bonchev–Trinajstić information content (AvgIpc) is 2.30. The van der Waals surface area contributed by atoms with Crippen LogP contribution in [0.15, 0.2) is 18.2 Å². The van der Waals surface area contributed by atoms with E-state index in [4.69, 9.17) is 14.7 Å². The molecule has 0 bridgehead atoms. The van der Waals surface area contributed by atoms with Crippen LogP contribution < -0.4 is 14.8 Å².